The van der Waals surface area contributed by atoms with Crippen LogP contribution in [0.15, 0.2) is 37.2 Å². The molecule has 0 aliphatic heterocycles. The van der Waals surface area contributed by atoms with Crippen molar-refractivity contribution in [1.82, 2.24) is 15.3 Å². The second kappa shape index (κ2) is 10.7. The number of pyridine rings is 1. The number of nitrogens with zero attached hydrogens (tertiary/aromatic N) is 2. The van der Waals surface area contributed by atoms with E-state index in [1.165, 1.54) is 17.4 Å². The zero-order valence-corrected chi connectivity index (χ0v) is 21.5. The molecule has 2 aliphatic rings. The van der Waals surface area contributed by atoms with Crippen molar-refractivity contribution in [2.45, 2.75) is 58.1 Å². The van der Waals surface area contributed by atoms with Crippen LogP contribution in [0, 0.1) is 16.7 Å². The first-order valence-electron chi connectivity index (χ1n) is 12.2. The molecule has 0 bridgehead atoms. The van der Waals surface area contributed by atoms with Gasteiger partial charge >= 0.3 is 6.09 Å². The van der Waals surface area contributed by atoms with Crippen LogP contribution in [-0.2, 0) is 22.5 Å². The molecule has 0 radical (unpaired) electrons. The lowest BCUT2D eigenvalue weighted by Crippen LogP contribution is -2.57. The van der Waals surface area contributed by atoms with Crippen LogP contribution < -0.4 is 10.6 Å². The molecule has 5 atom stereocenters. The number of amides is 2. The predicted octanol–water partition coefficient (Wildman–Crippen LogP) is 3.39. The van der Waals surface area contributed by atoms with Crippen molar-refractivity contribution in [3.63, 3.8) is 0 Å². The average molecular weight is 515 g/mol. The fraction of sp³-hybridized carbons (Fsp3) is 0.538. The quantitative estimate of drug-likeness (QED) is 0.397. The summed E-state index contributed by atoms with van der Waals surface area (Å²) < 4.78 is 5.03. The number of hydrogen-bond donors (Lipinski definition) is 4. The maximum atomic E-state index is 13.2. The number of nitrogens with one attached hydrogen (secondary N) is 2. The normalized spacial score (nSPS) is 28.9. The highest BCUT2D eigenvalue weighted by Gasteiger charge is 2.59. The Hall–Kier alpha value is -2.82. The first kappa shape index (κ1) is 26.2. The Labute approximate surface area is 215 Å². The molecule has 2 amide bonds. The Bertz CT molecular complexity index is 1110. The maximum Gasteiger partial charge on any atom is 0.413 e. The first-order chi connectivity index (χ1) is 17.2. The molecule has 0 spiro atoms. The Balaban J connectivity index is 1.63. The number of thiazole rings is 1. The van der Waals surface area contributed by atoms with Gasteiger partial charge in [0.05, 0.1) is 18.4 Å². The number of aromatic nitrogens is 2. The molecule has 194 valence electrons. The highest BCUT2D eigenvalue weighted by Crippen LogP contribution is 2.62. The highest BCUT2D eigenvalue weighted by molar-refractivity contribution is 7.15. The van der Waals surface area contributed by atoms with E-state index in [4.69, 9.17) is 9.72 Å². The number of ether oxygens (including phenoxy) is 1. The average Bonchev–Trinajstić information content (AvgIpc) is 3.27. The molecular weight excluding hydrogens is 480 g/mol. The minimum atomic E-state index is -0.713. The van der Waals surface area contributed by atoms with Crippen LogP contribution in [0.25, 0.3) is 0 Å². The summed E-state index contributed by atoms with van der Waals surface area (Å²) in [6.07, 6.45) is 5.69. The summed E-state index contributed by atoms with van der Waals surface area (Å²) in [5, 5.41) is 27.3. The van der Waals surface area contributed by atoms with E-state index in [0.29, 0.717) is 30.9 Å². The number of hydrogen-bond acceptors (Lipinski definition) is 8. The van der Waals surface area contributed by atoms with Gasteiger partial charge in [0.25, 0.3) is 0 Å². The molecule has 36 heavy (non-hydrogen) atoms. The number of rotatable bonds is 8. The van der Waals surface area contributed by atoms with Crippen LogP contribution in [0.1, 0.15) is 55.2 Å². The molecular formula is C26H34N4O5S. The van der Waals surface area contributed by atoms with Crippen molar-refractivity contribution < 1.29 is 24.5 Å². The monoisotopic (exact) mass is 514 g/mol. The molecule has 1 saturated carbocycles. The second-order valence-corrected chi connectivity index (χ2v) is 11.3. The molecule has 10 heteroatoms. The number of carbonyl (C=O) groups is 2. The second-order valence-electron chi connectivity index (χ2n) is 10.2. The van der Waals surface area contributed by atoms with Crippen molar-refractivity contribution in [2.24, 2.45) is 16.7 Å². The van der Waals surface area contributed by atoms with Crippen molar-refractivity contribution in [3.05, 3.63) is 53.3 Å². The van der Waals surface area contributed by atoms with Crippen molar-refractivity contribution in [2.75, 3.05) is 18.5 Å². The van der Waals surface area contributed by atoms with Gasteiger partial charge in [0, 0.05) is 41.6 Å². The van der Waals surface area contributed by atoms with E-state index in [1.807, 2.05) is 19.1 Å². The zero-order valence-electron chi connectivity index (χ0n) is 20.7. The largest absolute Gasteiger partial charge is 0.445 e. The van der Waals surface area contributed by atoms with Gasteiger partial charge in [0.2, 0.25) is 5.91 Å². The molecule has 4 rings (SSSR count). The van der Waals surface area contributed by atoms with Gasteiger partial charge in [-0.3, -0.25) is 15.1 Å². The topological polar surface area (TPSA) is 134 Å². The summed E-state index contributed by atoms with van der Waals surface area (Å²) in [7, 11) is 0. The smallest absolute Gasteiger partial charge is 0.413 e. The predicted molar refractivity (Wildman–Crippen MR) is 136 cm³/mol. The summed E-state index contributed by atoms with van der Waals surface area (Å²) in [6, 6.07) is 3.73. The Morgan fingerprint density at radius 3 is 2.89 bits per heavy atom. The fourth-order valence-electron chi connectivity index (χ4n) is 5.92. The van der Waals surface area contributed by atoms with Gasteiger partial charge in [-0.2, -0.15) is 0 Å². The van der Waals surface area contributed by atoms with E-state index >= 15 is 0 Å². The van der Waals surface area contributed by atoms with Crippen LogP contribution in [0.2, 0.25) is 0 Å². The van der Waals surface area contributed by atoms with Crippen LogP contribution >= 0.6 is 11.3 Å². The lowest BCUT2D eigenvalue weighted by molar-refractivity contribution is -0.144. The lowest BCUT2D eigenvalue weighted by atomic mass is 9.47. The summed E-state index contributed by atoms with van der Waals surface area (Å²) in [6.45, 7) is 7.92. The third-order valence-electron chi connectivity index (χ3n) is 8.04. The van der Waals surface area contributed by atoms with Crippen molar-refractivity contribution >= 4 is 28.5 Å². The Morgan fingerprint density at radius 2 is 2.19 bits per heavy atom. The molecule has 2 aliphatic carbocycles. The number of carbonyl (C=O) groups excluding carboxylic acids is 2. The highest BCUT2D eigenvalue weighted by atomic mass is 32.1. The van der Waals surface area contributed by atoms with Crippen LogP contribution in [0.3, 0.4) is 0 Å². The number of aliphatic hydroxyl groups excluding tert-OH is 2. The molecule has 1 fully saturated rings. The minimum absolute atomic E-state index is 0.0663. The summed E-state index contributed by atoms with van der Waals surface area (Å²) >= 11 is 1.35. The van der Waals surface area contributed by atoms with Gasteiger partial charge in [-0.25, -0.2) is 9.78 Å². The van der Waals surface area contributed by atoms with E-state index in [-0.39, 0.29) is 42.8 Å². The lowest BCUT2D eigenvalue weighted by Gasteiger charge is -2.58. The Kier molecular flexibility index (Phi) is 7.77. The SMILES string of the molecule is C=CCOC(=O)Nc1nc2c(s1)CC1C(C)(CO)C(O)CCC1(C)C2CC(=O)NCc1cccnc1. The van der Waals surface area contributed by atoms with Gasteiger partial charge in [-0.05, 0) is 42.2 Å². The number of aliphatic hydroxyl groups is 2. The van der Waals surface area contributed by atoms with Crippen LogP contribution in [0.5, 0.6) is 0 Å². The third kappa shape index (κ3) is 5.02. The molecule has 2 aromatic heterocycles. The Morgan fingerprint density at radius 1 is 1.39 bits per heavy atom. The van der Waals surface area contributed by atoms with Gasteiger partial charge in [0.15, 0.2) is 5.13 Å². The summed E-state index contributed by atoms with van der Waals surface area (Å²) in [4.78, 5) is 35.1. The molecule has 2 heterocycles. The molecule has 0 aromatic carbocycles. The molecule has 2 aromatic rings. The van der Waals surface area contributed by atoms with E-state index in [1.54, 1.807) is 12.4 Å². The van der Waals surface area contributed by atoms with Crippen LogP contribution in [-0.4, -0.2) is 51.5 Å². The van der Waals surface area contributed by atoms with Gasteiger partial charge in [-0.15, -0.1) is 11.3 Å². The fourth-order valence-corrected chi connectivity index (χ4v) is 6.97. The minimum Gasteiger partial charge on any atom is -0.445 e. The van der Waals surface area contributed by atoms with Crippen molar-refractivity contribution in [1.29, 1.82) is 0 Å². The molecule has 9 nitrogen and oxygen atoms in total. The van der Waals surface area contributed by atoms with E-state index < -0.39 is 17.6 Å². The summed E-state index contributed by atoms with van der Waals surface area (Å²) in [5.41, 5.74) is 0.622. The first-order valence-corrected chi connectivity index (χ1v) is 13.0. The van der Waals surface area contributed by atoms with E-state index in [9.17, 15) is 19.8 Å². The number of fused-ring (bicyclic) bond motifs is 2. The number of anilines is 1. The van der Waals surface area contributed by atoms with E-state index in [2.05, 4.69) is 29.1 Å². The molecule has 0 saturated heterocycles. The maximum absolute atomic E-state index is 13.2. The standard InChI is InChI=1S/C26H34N4O5S/c1-4-10-35-24(34)30-23-29-22-17(11-21(33)28-14-16-6-5-9-27-13-16)25(2)8-7-20(32)26(3,15-31)19(25)12-18(22)36-23/h4-6,9,13,17,19-20,31-32H,1,7-8,10-12,14-15H2,2-3H3,(H,28,33)(H,29,30,34). The summed E-state index contributed by atoms with van der Waals surface area (Å²) in [5.74, 6) is -0.417. The van der Waals surface area contributed by atoms with Gasteiger partial charge in [0.1, 0.15) is 6.61 Å². The van der Waals surface area contributed by atoms with Gasteiger partial charge in [-0.1, -0.05) is 32.6 Å². The third-order valence-corrected chi connectivity index (χ3v) is 9.05. The van der Waals surface area contributed by atoms with Crippen molar-refractivity contribution in [3.8, 4) is 0 Å². The van der Waals surface area contributed by atoms with Crippen LogP contribution in [0.4, 0.5) is 9.93 Å². The van der Waals surface area contributed by atoms with Gasteiger partial charge < -0.3 is 20.3 Å². The van der Waals surface area contributed by atoms with E-state index in [0.717, 1.165) is 16.1 Å². The molecule has 4 N–H and O–H groups in total. The molecule has 5 unspecified atom stereocenters. The zero-order chi connectivity index (χ0) is 25.9.